The highest BCUT2D eigenvalue weighted by Gasteiger charge is 2.49. The van der Waals surface area contributed by atoms with Gasteiger partial charge in [-0.1, -0.05) is 12.1 Å². The van der Waals surface area contributed by atoms with Crippen LogP contribution in [0.4, 0.5) is 0 Å². The molecule has 1 aromatic carbocycles. The van der Waals surface area contributed by atoms with Gasteiger partial charge in [0.2, 0.25) is 11.8 Å². The van der Waals surface area contributed by atoms with E-state index in [2.05, 4.69) is 34.7 Å². The summed E-state index contributed by atoms with van der Waals surface area (Å²) in [6.07, 6.45) is 4.15. The summed E-state index contributed by atoms with van der Waals surface area (Å²) in [6, 6.07) is 8.18. The van der Waals surface area contributed by atoms with Crippen LogP contribution in [-0.2, 0) is 9.59 Å². The van der Waals surface area contributed by atoms with Gasteiger partial charge in [-0.2, -0.15) is 0 Å². The number of fused-ring (bicyclic) bond motifs is 1. The zero-order valence-electron chi connectivity index (χ0n) is 14.6. The first-order valence-corrected chi connectivity index (χ1v) is 8.93. The SMILES string of the molecule is Cc1cccc2ncc(C3CCC([C@@]4(C)CCNC4=O)C(=O)N3)cc12. The summed E-state index contributed by atoms with van der Waals surface area (Å²) in [5.74, 6) is -0.254. The molecule has 0 aliphatic carbocycles. The first-order valence-electron chi connectivity index (χ1n) is 8.93. The van der Waals surface area contributed by atoms with Crippen LogP contribution in [0.3, 0.4) is 0 Å². The van der Waals surface area contributed by atoms with Crippen molar-refractivity contribution in [3.63, 3.8) is 0 Å². The molecule has 2 aliphatic heterocycles. The van der Waals surface area contributed by atoms with Gasteiger partial charge in [0.05, 0.1) is 22.9 Å². The standard InChI is InChI=1S/C20H23N3O2/c1-12-4-3-5-17-14(12)10-13(11-22-17)16-7-6-15(18(24)23-16)20(2)8-9-21-19(20)25/h3-5,10-11,15-16H,6-9H2,1-2H3,(H,21,25)(H,23,24)/t15?,16?,20-/m1/s1. The normalized spacial score (nSPS) is 29.5. The third-order valence-corrected chi connectivity index (χ3v) is 5.96. The monoisotopic (exact) mass is 337 g/mol. The Hall–Kier alpha value is -2.43. The number of amides is 2. The molecular weight excluding hydrogens is 314 g/mol. The molecule has 1 aromatic heterocycles. The van der Waals surface area contributed by atoms with E-state index >= 15 is 0 Å². The minimum Gasteiger partial charge on any atom is -0.356 e. The minimum absolute atomic E-state index is 0.00842. The number of hydrogen-bond acceptors (Lipinski definition) is 3. The minimum atomic E-state index is -0.576. The van der Waals surface area contributed by atoms with Gasteiger partial charge in [-0.05, 0) is 56.4 Å². The molecule has 2 amide bonds. The summed E-state index contributed by atoms with van der Waals surface area (Å²) in [4.78, 5) is 29.5. The van der Waals surface area contributed by atoms with Crippen LogP contribution in [0.1, 0.15) is 43.4 Å². The molecule has 2 aromatic rings. The fraction of sp³-hybridized carbons (Fsp3) is 0.450. The maximum absolute atomic E-state index is 12.7. The van der Waals surface area contributed by atoms with Crippen LogP contribution in [0.25, 0.3) is 10.9 Å². The molecule has 5 nitrogen and oxygen atoms in total. The highest BCUT2D eigenvalue weighted by atomic mass is 16.2. The molecule has 25 heavy (non-hydrogen) atoms. The van der Waals surface area contributed by atoms with Crippen LogP contribution in [-0.4, -0.2) is 23.3 Å². The Morgan fingerprint density at radius 1 is 1.24 bits per heavy atom. The van der Waals surface area contributed by atoms with Crippen molar-refractivity contribution >= 4 is 22.7 Å². The van der Waals surface area contributed by atoms with Crippen LogP contribution >= 0.6 is 0 Å². The summed E-state index contributed by atoms with van der Waals surface area (Å²) < 4.78 is 0. The van der Waals surface area contributed by atoms with Crippen LogP contribution in [0.15, 0.2) is 30.5 Å². The predicted octanol–water partition coefficient (Wildman–Crippen LogP) is 2.64. The van der Waals surface area contributed by atoms with E-state index in [9.17, 15) is 9.59 Å². The van der Waals surface area contributed by atoms with Crippen LogP contribution < -0.4 is 10.6 Å². The average Bonchev–Trinajstić information content (AvgIpc) is 2.94. The van der Waals surface area contributed by atoms with Gasteiger partial charge in [0.1, 0.15) is 0 Å². The Morgan fingerprint density at radius 2 is 2.08 bits per heavy atom. The van der Waals surface area contributed by atoms with E-state index in [1.807, 2.05) is 25.3 Å². The van der Waals surface area contributed by atoms with E-state index in [-0.39, 0.29) is 23.8 Å². The number of aryl methyl sites for hydroxylation is 1. The number of nitrogens with zero attached hydrogens (tertiary/aromatic N) is 1. The lowest BCUT2D eigenvalue weighted by Gasteiger charge is -2.37. The summed E-state index contributed by atoms with van der Waals surface area (Å²) in [5.41, 5.74) is 2.61. The largest absolute Gasteiger partial charge is 0.356 e. The summed E-state index contributed by atoms with van der Waals surface area (Å²) >= 11 is 0. The average molecular weight is 337 g/mol. The second kappa shape index (κ2) is 5.83. The molecule has 5 heteroatoms. The lowest BCUT2D eigenvalue weighted by molar-refractivity contribution is -0.141. The summed E-state index contributed by atoms with van der Waals surface area (Å²) in [5, 5.41) is 7.12. The lowest BCUT2D eigenvalue weighted by Crippen LogP contribution is -2.48. The zero-order chi connectivity index (χ0) is 17.6. The zero-order valence-corrected chi connectivity index (χ0v) is 14.6. The first kappa shape index (κ1) is 16.1. The van der Waals surface area contributed by atoms with E-state index in [4.69, 9.17) is 0 Å². The molecule has 2 N–H and O–H groups in total. The van der Waals surface area contributed by atoms with Gasteiger partial charge in [-0.3, -0.25) is 14.6 Å². The summed E-state index contributed by atoms with van der Waals surface area (Å²) in [6.45, 7) is 4.65. The smallest absolute Gasteiger partial charge is 0.226 e. The van der Waals surface area contributed by atoms with Gasteiger partial charge in [0.25, 0.3) is 0 Å². The lowest BCUT2D eigenvalue weighted by atomic mass is 9.70. The van der Waals surface area contributed by atoms with Crippen LogP contribution in [0.2, 0.25) is 0 Å². The van der Waals surface area contributed by atoms with Gasteiger partial charge < -0.3 is 10.6 Å². The molecule has 0 bridgehead atoms. The van der Waals surface area contributed by atoms with Crippen molar-refractivity contribution in [2.24, 2.45) is 11.3 Å². The molecule has 3 atom stereocenters. The quantitative estimate of drug-likeness (QED) is 0.885. The maximum atomic E-state index is 12.7. The van der Waals surface area contributed by atoms with Gasteiger partial charge in [-0.25, -0.2) is 0 Å². The third-order valence-electron chi connectivity index (χ3n) is 5.96. The second-order valence-electron chi connectivity index (χ2n) is 7.52. The molecule has 3 heterocycles. The number of benzene rings is 1. The number of rotatable bonds is 2. The topological polar surface area (TPSA) is 71.1 Å². The molecule has 4 rings (SSSR count). The Kier molecular flexibility index (Phi) is 3.74. The van der Waals surface area contributed by atoms with Crippen molar-refractivity contribution < 1.29 is 9.59 Å². The van der Waals surface area contributed by atoms with Crippen molar-refractivity contribution in [2.45, 2.75) is 39.2 Å². The fourth-order valence-corrected chi connectivity index (χ4v) is 4.25. The van der Waals surface area contributed by atoms with E-state index in [1.165, 1.54) is 5.56 Å². The van der Waals surface area contributed by atoms with Crippen molar-refractivity contribution in [2.75, 3.05) is 6.54 Å². The highest BCUT2D eigenvalue weighted by molar-refractivity contribution is 5.92. The van der Waals surface area contributed by atoms with E-state index in [0.717, 1.165) is 35.7 Å². The number of piperidine rings is 1. The summed E-state index contributed by atoms with van der Waals surface area (Å²) in [7, 11) is 0. The molecular formula is C20H23N3O2. The molecule has 130 valence electrons. The van der Waals surface area contributed by atoms with Crippen molar-refractivity contribution in [1.82, 2.24) is 15.6 Å². The Morgan fingerprint density at radius 3 is 2.80 bits per heavy atom. The first-order chi connectivity index (χ1) is 12.0. The molecule has 2 unspecified atom stereocenters. The van der Waals surface area contributed by atoms with Crippen molar-refractivity contribution in [3.8, 4) is 0 Å². The number of nitrogens with one attached hydrogen (secondary N) is 2. The van der Waals surface area contributed by atoms with Gasteiger partial charge in [0.15, 0.2) is 0 Å². The second-order valence-corrected chi connectivity index (χ2v) is 7.52. The molecule has 2 fully saturated rings. The Bertz CT molecular complexity index is 863. The number of carbonyl (C=O) groups is 2. The number of pyridine rings is 1. The van der Waals surface area contributed by atoms with Crippen molar-refractivity contribution in [1.29, 1.82) is 0 Å². The maximum Gasteiger partial charge on any atom is 0.226 e. The van der Waals surface area contributed by atoms with Gasteiger partial charge in [-0.15, -0.1) is 0 Å². The molecule has 0 spiro atoms. The fourth-order valence-electron chi connectivity index (χ4n) is 4.25. The van der Waals surface area contributed by atoms with Crippen LogP contribution in [0.5, 0.6) is 0 Å². The molecule has 0 radical (unpaired) electrons. The van der Waals surface area contributed by atoms with Gasteiger partial charge in [0, 0.05) is 18.1 Å². The number of aromatic nitrogens is 1. The number of carbonyl (C=O) groups excluding carboxylic acids is 2. The van der Waals surface area contributed by atoms with Gasteiger partial charge >= 0.3 is 0 Å². The van der Waals surface area contributed by atoms with Crippen LogP contribution in [0, 0.1) is 18.3 Å². The molecule has 0 saturated carbocycles. The highest BCUT2D eigenvalue weighted by Crippen LogP contribution is 2.41. The molecule has 2 saturated heterocycles. The third kappa shape index (κ3) is 2.58. The predicted molar refractivity (Wildman–Crippen MR) is 95.8 cm³/mol. The number of hydrogen-bond donors (Lipinski definition) is 2. The van der Waals surface area contributed by atoms with E-state index < -0.39 is 5.41 Å². The van der Waals surface area contributed by atoms with E-state index in [1.54, 1.807) is 0 Å². The Balaban J connectivity index is 1.58. The molecule has 2 aliphatic rings. The Labute approximate surface area is 147 Å². The van der Waals surface area contributed by atoms with Crippen molar-refractivity contribution in [3.05, 3.63) is 41.6 Å². The van der Waals surface area contributed by atoms with E-state index in [0.29, 0.717) is 6.54 Å².